The highest BCUT2D eigenvalue weighted by Crippen LogP contribution is 2.16. The molecule has 9 heteroatoms. The van der Waals surface area contributed by atoms with E-state index in [2.05, 4.69) is 0 Å². The van der Waals surface area contributed by atoms with Gasteiger partial charge in [0.1, 0.15) is 24.0 Å². The van der Waals surface area contributed by atoms with E-state index in [4.69, 9.17) is 20.2 Å². The smallest absolute Gasteiger partial charge is 0.344 e. The molecule has 0 bridgehead atoms. The van der Waals surface area contributed by atoms with Crippen LogP contribution in [0, 0.1) is 6.92 Å². The molecule has 3 N–H and O–H groups in total. The minimum absolute atomic E-state index is 0.194. The minimum Gasteiger partial charge on any atom is -0.462 e. The first-order chi connectivity index (χ1) is 15.0. The Balaban J connectivity index is 1.81. The molecule has 0 radical (unpaired) electrons. The van der Waals surface area contributed by atoms with Gasteiger partial charge < -0.3 is 20.1 Å². The van der Waals surface area contributed by atoms with Gasteiger partial charge in [-0.05, 0) is 31.5 Å². The summed E-state index contributed by atoms with van der Waals surface area (Å²) >= 11 is 0. The number of esters is 1. The van der Waals surface area contributed by atoms with Crippen LogP contribution in [-0.2, 0) is 16.0 Å². The third-order valence-corrected chi connectivity index (χ3v) is 5.70. The summed E-state index contributed by atoms with van der Waals surface area (Å²) < 4.78 is 13.9. The lowest BCUT2D eigenvalue weighted by Crippen LogP contribution is -3.14. The monoisotopic (exact) mass is 427 g/mol. The topological polar surface area (TPSA) is 104 Å². The lowest BCUT2D eigenvalue weighted by molar-refractivity contribution is -0.910. The summed E-state index contributed by atoms with van der Waals surface area (Å²) in [5, 5.41) is 0.346. The van der Waals surface area contributed by atoms with Crippen molar-refractivity contribution < 1.29 is 23.7 Å². The van der Waals surface area contributed by atoms with Crippen molar-refractivity contribution in [1.29, 1.82) is 0 Å². The molecule has 31 heavy (non-hydrogen) atoms. The molecule has 3 aromatic rings. The Kier molecular flexibility index (Phi) is 6.15. The number of pyridine rings is 2. The van der Waals surface area contributed by atoms with Crippen LogP contribution in [0.3, 0.4) is 0 Å². The van der Waals surface area contributed by atoms with Crippen molar-refractivity contribution >= 4 is 28.5 Å². The van der Waals surface area contributed by atoms with E-state index >= 15 is 0 Å². The van der Waals surface area contributed by atoms with Crippen molar-refractivity contribution in [2.24, 2.45) is 0 Å². The normalized spacial score (nSPS) is 14.9. The predicted molar refractivity (Wildman–Crippen MR) is 115 cm³/mol. The van der Waals surface area contributed by atoms with Gasteiger partial charge in [-0.1, -0.05) is 11.1 Å². The fraction of sp³-hybridized carbons (Fsp3) is 0.455. The zero-order valence-corrected chi connectivity index (χ0v) is 18.0. The van der Waals surface area contributed by atoms with Gasteiger partial charge in [0.15, 0.2) is 0 Å². The molecule has 1 saturated heterocycles. The number of carbonyl (C=O) groups excluding carboxylic acids is 1. The maximum Gasteiger partial charge on any atom is 0.344 e. The molecule has 1 fully saturated rings. The Morgan fingerprint density at radius 3 is 2.87 bits per heavy atom. The zero-order valence-electron chi connectivity index (χ0n) is 18.0. The molecule has 0 unspecified atom stereocenters. The number of quaternary nitrogens is 1. The minimum atomic E-state index is -0.539. The van der Waals surface area contributed by atoms with Gasteiger partial charge in [0.25, 0.3) is 11.2 Å². The molecule has 3 aromatic heterocycles. The fourth-order valence-electron chi connectivity index (χ4n) is 4.05. The number of nitrogens with one attached hydrogen (secondary N) is 1. The van der Waals surface area contributed by atoms with Gasteiger partial charge in [-0.3, -0.25) is 9.20 Å². The number of aryl methyl sites for hydroxylation is 2. The largest absolute Gasteiger partial charge is 0.462 e. The van der Waals surface area contributed by atoms with E-state index in [0.29, 0.717) is 23.2 Å². The number of hydrogen-bond acceptors (Lipinski definition) is 6. The van der Waals surface area contributed by atoms with Crippen molar-refractivity contribution in [3.8, 4) is 0 Å². The maximum atomic E-state index is 13.3. The SMILES string of the molecule is CCOC(=O)c1cc2c(=O)n3cc(C)ccc3nc2[n+](CCC[NH+]2CCOCC2)c1N. The Hall–Kier alpha value is -3.04. The summed E-state index contributed by atoms with van der Waals surface area (Å²) in [4.78, 5) is 32.0. The average Bonchev–Trinajstić information content (AvgIpc) is 2.77. The van der Waals surface area contributed by atoms with Crippen LogP contribution in [0.1, 0.15) is 29.3 Å². The molecule has 0 amide bonds. The van der Waals surface area contributed by atoms with Gasteiger partial charge in [-0.2, -0.15) is 0 Å². The van der Waals surface area contributed by atoms with Crippen LogP contribution < -0.4 is 20.8 Å². The van der Waals surface area contributed by atoms with Crippen molar-refractivity contribution in [2.75, 3.05) is 45.2 Å². The van der Waals surface area contributed by atoms with Crippen LogP contribution in [-0.4, -0.2) is 54.8 Å². The first kappa shape index (κ1) is 21.2. The van der Waals surface area contributed by atoms with Crippen molar-refractivity contribution in [3.63, 3.8) is 0 Å². The number of nitrogen functional groups attached to an aromatic ring is 1. The van der Waals surface area contributed by atoms with Crippen LogP contribution >= 0.6 is 0 Å². The van der Waals surface area contributed by atoms with E-state index in [9.17, 15) is 9.59 Å². The molecular weight excluding hydrogens is 398 g/mol. The lowest BCUT2D eigenvalue weighted by atomic mass is 10.2. The van der Waals surface area contributed by atoms with E-state index in [0.717, 1.165) is 44.8 Å². The Bertz CT molecular complexity index is 1180. The maximum absolute atomic E-state index is 13.3. The lowest BCUT2D eigenvalue weighted by Gasteiger charge is -2.23. The molecule has 4 rings (SSSR count). The number of hydrogen-bond donors (Lipinski definition) is 2. The quantitative estimate of drug-likeness (QED) is 0.313. The molecule has 0 saturated carbocycles. The number of aromatic nitrogens is 3. The van der Waals surface area contributed by atoms with E-state index < -0.39 is 5.97 Å². The van der Waals surface area contributed by atoms with Gasteiger partial charge in [0.2, 0.25) is 11.5 Å². The van der Waals surface area contributed by atoms with E-state index in [1.807, 2.05) is 19.1 Å². The number of nitrogens with two attached hydrogens (primary N) is 1. The highest BCUT2D eigenvalue weighted by atomic mass is 16.5. The second kappa shape index (κ2) is 8.99. The van der Waals surface area contributed by atoms with Gasteiger partial charge in [0.05, 0.1) is 32.9 Å². The number of anilines is 1. The van der Waals surface area contributed by atoms with E-state index in [1.165, 1.54) is 15.4 Å². The van der Waals surface area contributed by atoms with Crippen LogP contribution in [0.4, 0.5) is 5.82 Å². The summed E-state index contributed by atoms with van der Waals surface area (Å²) in [6.45, 7) is 8.89. The van der Waals surface area contributed by atoms with Crippen LogP contribution in [0.25, 0.3) is 16.7 Å². The highest BCUT2D eigenvalue weighted by Gasteiger charge is 2.25. The molecule has 9 nitrogen and oxygen atoms in total. The van der Waals surface area contributed by atoms with Crippen molar-refractivity contribution in [1.82, 2.24) is 9.38 Å². The summed E-state index contributed by atoms with van der Waals surface area (Å²) in [6, 6.07) is 5.24. The standard InChI is InChI=1S/C22H27N5O4/c1-3-31-22(29)16-13-17-20(24-18-6-5-15(2)14-27(18)21(17)28)26(19(16)23)8-4-7-25-9-11-30-12-10-25/h5-6,13-14,23H,3-4,7-12H2,1-2H3/p+2. The van der Waals surface area contributed by atoms with Crippen molar-refractivity contribution in [3.05, 3.63) is 45.9 Å². The number of ether oxygens (including phenoxy) is 2. The summed E-state index contributed by atoms with van der Waals surface area (Å²) in [6.07, 6.45) is 2.58. The third kappa shape index (κ3) is 4.24. The van der Waals surface area contributed by atoms with Crippen LogP contribution in [0.15, 0.2) is 29.2 Å². The van der Waals surface area contributed by atoms with E-state index in [1.54, 1.807) is 17.7 Å². The Labute approximate surface area is 180 Å². The molecule has 0 aliphatic carbocycles. The van der Waals surface area contributed by atoms with Gasteiger partial charge >= 0.3 is 5.97 Å². The number of rotatable bonds is 6. The fourth-order valence-corrected chi connectivity index (χ4v) is 4.05. The summed E-state index contributed by atoms with van der Waals surface area (Å²) in [7, 11) is 0. The third-order valence-electron chi connectivity index (χ3n) is 5.70. The van der Waals surface area contributed by atoms with E-state index in [-0.39, 0.29) is 23.5 Å². The van der Waals surface area contributed by atoms with Crippen molar-refractivity contribution in [2.45, 2.75) is 26.8 Å². The van der Waals surface area contributed by atoms with Crippen LogP contribution in [0.5, 0.6) is 0 Å². The molecular formula is C22H29N5O4+2. The molecule has 0 spiro atoms. The molecule has 1 aliphatic rings. The van der Waals surface area contributed by atoms with Gasteiger partial charge in [-0.25, -0.2) is 9.36 Å². The number of carbonyl (C=O) groups is 1. The van der Waals surface area contributed by atoms with Gasteiger partial charge in [-0.15, -0.1) is 0 Å². The second-order valence-corrected chi connectivity index (χ2v) is 7.87. The highest BCUT2D eigenvalue weighted by molar-refractivity contribution is 5.96. The summed E-state index contributed by atoms with van der Waals surface area (Å²) in [5.74, 6) is -0.269. The molecule has 164 valence electrons. The average molecular weight is 428 g/mol. The number of nitrogens with zero attached hydrogens (tertiary/aromatic N) is 3. The molecule has 0 aromatic carbocycles. The molecule has 1 aliphatic heterocycles. The second-order valence-electron chi connectivity index (χ2n) is 7.87. The Morgan fingerprint density at radius 2 is 2.13 bits per heavy atom. The first-order valence-corrected chi connectivity index (χ1v) is 10.7. The summed E-state index contributed by atoms with van der Waals surface area (Å²) in [5.41, 5.74) is 8.33. The molecule has 4 heterocycles. The predicted octanol–water partition coefficient (Wildman–Crippen LogP) is -0.492. The zero-order chi connectivity index (χ0) is 22.0. The number of fused-ring (bicyclic) bond motifs is 2. The first-order valence-electron chi connectivity index (χ1n) is 10.7. The van der Waals surface area contributed by atoms with Gasteiger partial charge in [0, 0.05) is 12.6 Å². The van der Waals surface area contributed by atoms with Crippen LogP contribution in [0.2, 0.25) is 0 Å². The number of morpholine rings is 1. The Morgan fingerprint density at radius 1 is 1.35 bits per heavy atom. The molecule has 0 atom stereocenters.